The molecule has 0 heterocycles. The van der Waals surface area contributed by atoms with Gasteiger partial charge < -0.3 is 16.2 Å². The molecule has 1 aromatic rings. The summed E-state index contributed by atoms with van der Waals surface area (Å²) in [7, 11) is -3.09. The first-order valence-corrected chi connectivity index (χ1v) is 6.90. The third-order valence-electron chi connectivity index (χ3n) is 2.10. The lowest BCUT2D eigenvalue weighted by molar-refractivity contribution is 0.0698. The Balaban J connectivity index is 2.86. The maximum Gasteiger partial charge on any atom is 0.337 e. The highest BCUT2D eigenvalue weighted by molar-refractivity contribution is 7.90. The molecule has 1 rings (SSSR count). The van der Waals surface area contributed by atoms with Crippen molar-refractivity contribution in [2.24, 2.45) is 0 Å². The smallest absolute Gasteiger partial charge is 0.337 e. The average Bonchev–Trinajstić information content (AvgIpc) is 2.18. The van der Waals surface area contributed by atoms with Crippen LogP contribution in [0.3, 0.4) is 0 Å². The van der Waals surface area contributed by atoms with Gasteiger partial charge in [0.05, 0.1) is 22.7 Å². The zero-order chi connectivity index (χ0) is 13.1. The summed E-state index contributed by atoms with van der Waals surface area (Å²) < 4.78 is 21.9. The van der Waals surface area contributed by atoms with E-state index in [0.29, 0.717) is 0 Å². The highest BCUT2D eigenvalue weighted by Crippen LogP contribution is 2.23. The molecule has 7 heteroatoms. The first kappa shape index (κ1) is 13.3. The monoisotopic (exact) mass is 258 g/mol. The third-order valence-corrected chi connectivity index (χ3v) is 3.05. The van der Waals surface area contributed by atoms with Crippen LogP contribution < -0.4 is 11.1 Å². The first-order chi connectivity index (χ1) is 7.81. The van der Waals surface area contributed by atoms with Crippen LogP contribution in [0.2, 0.25) is 0 Å². The van der Waals surface area contributed by atoms with Crippen molar-refractivity contribution in [3.63, 3.8) is 0 Å². The summed E-state index contributed by atoms with van der Waals surface area (Å²) in [5.41, 5.74) is 6.19. The minimum Gasteiger partial charge on any atom is -0.478 e. The summed E-state index contributed by atoms with van der Waals surface area (Å²) in [6.45, 7) is 0.118. The number of rotatable bonds is 5. The lowest BCUT2D eigenvalue weighted by Crippen LogP contribution is -2.16. The molecule has 94 valence electrons. The van der Waals surface area contributed by atoms with Gasteiger partial charge in [0, 0.05) is 12.8 Å². The van der Waals surface area contributed by atoms with Crippen LogP contribution in [0.5, 0.6) is 0 Å². The topological polar surface area (TPSA) is 109 Å². The Kier molecular flexibility index (Phi) is 3.95. The van der Waals surface area contributed by atoms with Crippen LogP contribution in [0.25, 0.3) is 0 Å². The van der Waals surface area contributed by atoms with Crippen LogP contribution >= 0.6 is 0 Å². The van der Waals surface area contributed by atoms with E-state index < -0.39 is 15.8 Å². The van der Waals surface area contributed by atoms with Crippen molar-refractivity contribution in [3.05, 3.63) is 23.8 Å². The normalized spacial score (nSPS) is 11.1. The fourth-order valence-corrected chi connectivity index (χ4v) is 1.78. The van der Waals surface area contributed by atoms with E-state index in [4.69, 9.17) is 10.8 Å². The second-order valence-electron chi connectivity index (χ2n) is 3.63. The quantitative estimate of drug-likeness (QED) is 0.660. The highest BCUT2D eigenvalue weighted by atomic mass is 32.2. The lowest BCUT2D eigenvalue weighted by Gasteiger charge is -2.11. The van der Waals surface area contributed by atoms with E-state index >= 15 is 0 Å². The van der Waals surface area contributed by atoms with Crippen LogP contribution in [0.15, 0.2) is 18.2 Å². The number of anilines is 2. The van der Waals surface area contributed by atoms with Gasteiger partial charge in [-0.05, 0) is 12.1 Å². The van der Waals surface area contributed by atoms with Gasteiger partial charge in [0.1, 0.15) is 9.84 Å². The van der Waals surface area contributed by atoms with E-state index in [9.17, 15) is 13.2 Å². The molecule has 0 bridgehead atoms. The molecule has 17 heavy (non-hydrogen) atoms. The Morgan fingerprint density at radius 3 is 2.65 bits per heavy atom. The van der Waals surface area contributed by atoms with E-state index in [2.05, 4.69) is 5.32 Å². The number of benzene rings is 1. The number of hydrogen-bond acceptors (Lipinski definition) is 5. The fourth-order valence-electron chi connectivity index (χ4n) is 1.31. The minimum atomic E-state index is -3.09. The van der Waals surface area contributed by atoms with Gasteiger partial charge in [0.2, 0.25) is 0 Å². The molecule has 0 spiro atoms. The van der Waals surface area contributed by atoms with Gasteiger partial charge in [-0.25, -0.2) is 13.2 Å². The van der Waals surface area contributed by atoms with Gasteiger partial charge in [-0.3, -0.25) is 0 Å². The zero-order valence-electron chi connectivity index (χ0n) is 9.30. The number of sulfone groups is 1. The molecule has 6 nitrogen and oxygen atoms in total. The van der Waals surface area contributed by atoms with Crippen molar-refractivity contribution >= 4 is 27.2 Å². The van der Waals surface area contributed by atoms with Crippen LogP contribution in [-0.4, -0.2) is 38.0 Å². The summed E-state index contributed by atoms with van der Waals surface area (Å²) in [5, 5.41) is 11.7. The molecule has 0 saturated carbocycles. The number of hydrogen-bond donors (Lipinski definition) is 3. The van der Waals surface area contributed by atoms with Gasteiger partial charge in [-0.15, -0.1) is 0 Å². The SMILES string of the molecule is CS(=O)(=O)CCNc1c(N)cccc1C(=O)O. The van der Waals surface area contributed by atoms with Crippen molar-refractivity contribution in [2.75, 3.05) is 29.6 Å². The molecule has 0 saturated heterocycles. The van der Waals surface area contributed by atoms with Crippen molar-refractivity contribution < 1.29 is 18.3 Å². The predicted octanol–water partition coefficient (Wildman–Crippen LogP) is 0.423. The molecule has 0 aliphatic heterocycles. The van der Waals surface area contributed by atoms with Crippen molar-refractivity contribution in [1.82, 2.24) is 0 Å². The predicted molar refractivity (Wildman–Crippen MR) is 66.0 cm³/mol. The molecular formula is C10H14N2O4S. The Morgan fingerprint density at radius 2 is 2.12 bits per heavy atom. The highest BCUT2D eigenvalue weighted by Gasteiger charge is 2.12. The summed E-state index contributed by atoms with van der Waals surface area (Å²) in [6.07, 6.45) is 1.11. The molecule has 0 unspecified atom stereocenters. The molecule has 0 amide bonds. The van der Waals surface area contributed by atoms with E-state index in [1.165, 1.54) is 12.1 Å². The summed E-state index contributed by atoms with van der Waals surface area (Å²) in [6, 6.07) is 4.48. The van der Waals surface area contributed by atoms with E-state index in [-0.39, 0.29) is 29.2 Å². The standard InChI is InChI=1S/C10H14N2O4S/c1-17(15,16)6-5-12-9-7(10(13)14)3-2-4-8(9)11/h2-4,12H,5-6,11H2,1H3,(H,13,14). The maximum atomic E-state index is 10.9. The molecule has 1 aromatic carbocycles. The van der Waals surface area contributed by atoms with Gasteiger partial charge in [0.15, 0.2) is 0 Å². The Hall–Kier alpha value is -1.76. The Labute approximate surface area is 99.4 Å². The summed E-state index contributed by atoms with van der Waals surface area (Å²) in [5.74, 6) is -1.19. The second-order valence-corrected chi connectivity index (χ2v) is 5.89. The number of carbonyl (C=O) groups is 1. The number of nitrogen functional groups attached to an aromatic ring is 1. The molecule has 4 N–H and O–H groups in total. The van der Waals surface area contributed by atoms with Gasteiger partial charge in [-0.1, -0.05) is 6.07 Å². The van der Waals surface area contributed by atoms with Crippen LogP contribution in [-0.2, 0) is 9.84 Å². The third kappa shape index (κ3) is 3.95. The van der Waals surface area contributed by atoms with Crippen LogP contribution in [0.1, 0.15) is 10.4 Å². The second kappa shape index (κ2) is 5.05. The molecular weight excluding hydrogens is 244 g/mol. The molecule has 0 radical (unpaired) electrons. The van der Waals surface area contributed by atoms with Crippen LogP contribution in [0.4, 0.5) is 11.4 Å². The molecule has 0 aromatic heterocycles. The molecule has 0 aliphatic rings. The van der Waals surface area contributed by atoms with Crippen molar-refractivity contribution in [2.45, 2.75) is 0 Å². The number of aromatic carboxylic acids is 1. The van der Waals surface area contributed by atoms with E-state index in [0.717, 1.165) is 6.26 Å². The first-order valence-electron chi connectivity index (χ1n) is 4.84. The summed E-state index contributed by atoms with van der Waals surface area (Å²) >= 11 is 0. The van der Waals surface area contributed by atoms with Crippen molar-refractivity contribution in [1.29, 1.82) is 0 Å². The average molecular weight is 258 g/mol. The number of carboxylic acid groups (broad SMARTS) is 1. The Bertz CT molecular complexity index is 525. The number of para-hydroxylation sites is 1. The van der Waals surface area contributed by atoms with Gasteiger partial charge in [-0.2, -0.15) is 0 Å². The van der Waals surface area contributed by atoms with Gasteiger partial charge in [0.25, 0.3) is 0 Å². The lowest BCUT2D eigenvalue weighted by atomic mass is 10.1. The maximum absolute atomic E-state index is 10.9. The molecule has 0 atom stereocenters. The number of carboxylic acids is 1. The number of nitrogens with one attached hydrogen (secondary N) is 1. The Morgan fingerprint density at radius 1 is 1.47 bits per heavy atom. The van der Waals surface area contributed by atoms with Crippen LogP contribution in [0, 0.1) is 0 Å². The zero-order valence-corrected chi connectivity index (χ0v) is 10.1. The van der Waals surface area contributed by atoms with Crippen molar-refractivity contribution in [3.8, 4) is 0 Å². The molecule has 0 fully saturated rings. The fraction of sp³-hybridized carbons (Fsp3) is 0.300. The van der Waals surface area contributed by atoms with E-state index in [1.54, 1.807) is 6.07 Å². The molecule has 0 aliphatic carbocycles. The minimum absolute atomic E-state index is 0.0264. The largest absolute Gasteiger partial charge is 0.478 e. The van der Waals surface area contributed by atoms with Gasteiger partial charge >= 0.3 is 5.97 Å². The van der Waals surface area contributed by atoms with E-state index in [1.807, 2.05) is 0 Å². The summed E-state index contributed by atoms with van der Waals surface area (Å²) in [4.78, 5) is 10.9. The number of nitrogens with two attached hydrogens (primary N) is 1.